The second-order valence-electron chi connectivity index (χ2n) is 3.40. The van der Waals surface area contributed by atoms with Crippen LogP contribution in [0.15, 0.2) is 35.3 Å². The minimum absolute atomic E-state index is 0.140. The first-order chi connectivity index (χ1) is 7.19. The Kier molecular flexibility index (Phi) is 2.52. The maximum atomic E-state index is 11.8. The van der Waals surface area contributed by atoms with Crippen molar-refractivity contribution in [3.05, 3.63) is 35.9 Å². The van der Waals surface area contributed by atoms with Gasteiger partial charge in [-0.2, -0.15) is 4.99 Å². The van der Waals surface area contributed by atoms with Gasteiger partial charge in [-0.3, -0.25) is 4.79 Å². The van der Waals surface area contributed by atoms with Crippen molar-refractivity contribution in [3.8, 4) is 0 Å². The zero-order valence-electron chi connectivity index (χ0n) is 8.43. The van der Waals surface area contributed by atoms with Crippen molar-refractivity contribution in [2.24, 2.45) is 10.7 Å². The quantitative estimate of drug-likeness (QED) is 0.828. The predicted octanol–water partition coefficient (Wildman–Crippen LogP) is 1.88. The Morgan fingerprint density at radius 1 is 1.40 bits per heavy atom. The molecule has 0 bridgehead atoms. The number of thioether (sulfide) groups is 1. The van der Waals surface area contributed by atoms with Gasteiger partial charge < -0.3 is 5.73 Å². The number of amidine groups is 1. The number of rotatable bonds is 2. The topological polar surface area (TPSA) is 55.4 Å². The number of nitrogens with zero attached hydrogens (tertiary/aromatic N) is 1. The molecule has 0 fully saturated rings. The molecule has 0 aromatic heterocycles. The van der Waals surface area contributed by atoms with Crippen LogP contribution in [0.1, 0.15) is 18.9 Å². The number of amides is 1. The molecule has 0 saturated heterocycles. The number of aliphatic imine (C=N–C) groups is 1. The van der Waals surface area contributed by atoms with Crippen LogP contribution in [0.4, 0.5) is 0 Å². The van der Waals surface area contributed by atoms with Crippen LogP contribution in [-0.2, 0) is 9.54 Å². The summed E-state index contributed by atoms with van der Waals surface area (Å²) >= 11 is 1.35. The first-order valence-electron chi connectivity index (χ1n) is 4.82. The molecule has 0 spiro atoms. The van der Waals surface area contributed by atoms with E-state index in [1.54, 1.807) is 0 Å². The summed E-state index contributed by atoms with van der Waals surface area (Å²) in [6.45, 7) is 1.98. The van der Waals surface area contributed by atoms with E-state index in [0.717, 1.165) is 5.56 Å². The van der Waals surface area contributed by atoms with E-state index in [-0.39, 0.29) is 5.91 Å². The third-order valence-corrected chi connectivity index (χ3v) is 3.92. The summed E-state index contributed by atoms with van der Waals surface area (Å²) in [5.74, 6) is -0.140. The second kappa shape index (κ2) is 3.70. The van der Waals surface area contributed by atoms with Gasteiger partial charge in [-0.15, -0.1) is 0 Å². The van der Waals surface area contributed by atoms with E-state index in [9.17, 15) is 4.79 Å². The number of hydrogen-bond acceptors (Lipinski definition) is 3. The summed E-state index contributed by atoms with van der Waals surface area (Å²) < 4.78 is -0.592. The minimum Gasteiger partial charge on any atom is -0.378 e. The summed E-state index contributed by atoms with van der Waals surface area (Å²) in [6, 6.07) is 9.68. The molecule has 0 unspecified atom stereocenters. The monoisotopic (exact) mass is 220 g/mol. The van der Waals surface area contributed by atoms with Gasteiger partial charge in [-0.1, -0.05) is 49.0 Å². The molecule has 78 valence electrons. The van der Waals surface area contributed by atoms with Gasteiger partial charge >= 0.3 is 0 Å². The average molecular weight is 220 g/mol. The number of carbonyl (C=O) groups excluding carboxylic acids is 1. The average Bonchev–Trinajstić information content (AvgIpc) is 2.56. The van der Waals surface area contributed by atoms with Crippen molar-refractivity contribution in [1.29, 1.82) is 0 Å². The first kappa shape index (κ1) is 10.2. The van der Waals surface area contributed by atoms with E-state index in [1.807, 2.05) is 37.3 Å². The fraction of sp³-hybridized carbons (Fsp3) is 0.273. The molecule has 15 heavy (non-hydrogen) atoms. The molecule has 2 rings (SSSR count). The highest BCUT2D eigenvalue weighted by Gasteiger charge is 2.44. The van der Waals surface area contributed by atoms with Crippen LogP contribution in [0.25, 0.3) is 0 Å². The lowest BCUT2D eigenvalue weighted by Gasteiger charge is -2.23. The van der Waals surface area contributed by atoms with E-state index in [2.05, 4.69) is 4.99 Å². The summed E-state index contributed by atoms with van der Waals surface area (Å²) in [5, 5.41) is 0.366. The molecule has 1 heterocycles. The molecule has 0 aliphatic carbocycles. The van der Waals surface area contributed by atoms with E-state index < -0.39 is 4.75 Å². The number of carbonyl (C=O) groups is 1. The van der Waals surface area contributed by atoms with Crippen molar-refractivity contribution >= 4 is 22.8 Å². The molecule has 1 aliphatic rings. The summed E-state index contributed by atoms with van der Waals surface area (Å²) in [7, 11) is 0. The van der Waals surface area contributed by atoms with Crippen LogP contribution in [0, 0.1) is 0 Å². The van der Waals surface area contributed by atoms with Gasteiger partial charge in [-0.25, -0.2) is 0 Å². The minimum atomic E-state index is -0.592. The summed E-state index contributed by atoms with van der Waals surface area (Å²) in [6.07, 6.45) is 0.699. The van der Waals surface area contributed by atoms with Gasteiger partial charge in [0.25, 0.3) is 5.91 Å². The Bertz CT molecular complexity index is 416. The smallest absolute Gasteiger partial charge is 0.269 e. The highest BCUT2D eigenvalue weighted by Crippen LogP contribution is 2.44. The van der Waals surface area contributed by atoms with Gasteiger partial charge in [0.05, 0.1) is 0 Å². The maximum Gasteiger partial charge on any atom is 0.269 e. The van der Waals surface area contributed by atoms with Gasteiger partial charge in [0.15, 0.2) is 5.17 Å². The molecule has 3 nitrogen and oxygen atoms in total. The van der Waals surface area contributed by atoms with Gasteiger partial charge in [-0.05, 0) is 12.0 Å². The first-order valence-corrected chi connectivity index (χ1v) is 5.64. The fourth-order valence-corrected chi connectivity index (χ4v) is 2.77. The standard InChI is InChI=1S/C11H12N2OS/c1-2-11(8-6-4-3-5-7-8)9(14)13-10(12)15-11/h3-7H,2H2,1H3,(H2,12,13,14)/t11-/m0/s1. The Hall–Kier alpha value is -1.29. The molecule has 4 heteroatoms. The van der Waals surface area contributed by atoms with E-state index in [1.165, 1.54) is 11.8 Å². The fourth-order valence-electron chi connectivity index (χ4n) is 1.75. The summed E-state index contributed by atoms with van der Waals surface area (Å²) in [5.41, 5.74) is 6.58. The van der Waals surface area contributed by atoms with Crippen molar-refractivity contribution < 1.29 is 4.79 Å². The Morgan fingerprint density at radius 3 is 2.53 bits per heavy atom. The van der Waals surface area contributed by atoms with Gasteiger partial charge in [0.1, 0.15) is 4.75 Å². The third kappa shape index (κ3) is 1.55. The predicted molar refractivity (Wildman–Crippen MR) is 62.6 cm³/mol. The molecule has 1 atom stereocenters. The largest absolute Gasteiger partial charge is 0.378 e. The van der Waals surface area contributed by atoms with Crippen molar-refractivity contribution in [2.45, 2.75) is 18.1 Å². The van der Waals surface area contributed by atoms with E-state index in [4.69, 9.17) is 5.73 Å². The highest BCUT2D eigenvalue weighted by atomic mass is 32.2. The normalized spacial score (nSPS) is 25.4. The number of nitrogens with two attached hydrogens (primary N) is 1. The Labute approximate surface area is 92.8 Å². The lowest BCUT2D eigenvalue weighted by atomic mass is 9.95. The lowest BCUT2D eigenvalue weighted by Crippen LogP contribution is -2.27. The van der Waals surface area contributed by atoms with Crippen LogP contribution in [0.5, 0.6) is 0 Å². The Morgan fingerprint density at radius 2 is 2.07 bits per heavy atom. The van der Waals surface area contributed by atoms with E-state index >= 15 is 0 Å². The zero-order valence-corrected chi connectivity index (χ0v) is 9.25. The molecule has 0 radical (unpaired) electrons. The van der Waals surface area contributed by atoms with Crippen LogP contribution in [-0.4, -0.2) is 11.1 Å². The molecular formula is C11H12N2OS. The van der Waals surface area contributed by atoms with Crippen molar-refractivity contribution in [2.75, 3.05) is 0 Å². The van der Waals surface area contributed by atoms with Crippen LogP contribution in [0.2, 0.25) is 0 Å². The highest BCUT2D eigenvalue weighted by molar-refractivity contribution is 8.15. The van der Waals surface area contributed by atoms with Crippen LogP contribution >= 0.6 is 11.8 Å². The zero-order chi connectivity index (χ0) is 10.9. The molecule has 1 aromatic rings. The molecule has 2 N–H and O–H groups in total. The lowest BCUT2D eigenvalue weighted by molar-refractivity contribution is -0.120. The van der Waals surface area contributed by atoms with Gasteiger partial charge in [0, 0.05) is 0 Å². The third-order valence-electron chi connectivity index (χ3n) is 2.57. The Balaban J connectivity index is 2.45. The van der Waals surface area contributed by atoms with Gasteiger partial charge in [0.2, 0.25) is 0 Å². The van der Waals surface area contributed by atoms with Crippen LogP contribution in [0.3, 0.4) is 0 Å². The maximum absolute atomic E-state index is 11.8. The van der Waals surface area contributed by atoms with Crippen molar-refractivity contribution in [3.63, 3.8) is 0 Å². The van der Waals surface area contributed by atoms with E-state index in [0.29, 0.717) is 11.6 Å². The van der Waals surface area contributed by atoms with Crippen LogP contribution < -0.4 is 5.73 Å². The SMILES string of the molecule is CC[C@@]1(c2ccccc2)SC(N)=NC1=O. The number of hydrogen-bond donors (Lipinski definition) is 1. The molecule has 0 saturated carbocycles. The molecule has 1 aromatic carbocycles. The second-order valence-corrected chi connectivity index (χ2v) is 4.72. The molecule has 1 amide bonds. The van der Waals surface area contributed by atoms with Crippen molar-refractivity contribution in [1.82, 2.24) is 0 Å². The molecule has 1 aliphatic heterocycles. The number of benzene rings is 1. The summed E-state index contributed by atoms with van der Waals surface area (Å²) in [4.78, 5) is 15.7. The molecular weight excluding hydrogens is 208 g/mol.